The molecule has 0 unspecified atom stereocenters. The van der Waals surface area contributed by atoms with Crippen molar-refractivity contribution >= 4 is 0 Å². The van der Waals surface area contributed by atoms with Gasteiger partial charge in [0.1, 0.15) is 11.5 Å². The van der Waals surface area contributed by atoms with Gasteiger partial charge in [-0.1, -0.05) is 0 Å². The van der Waals surface area contributed by atoms with Crippen LogP contribution >= 0.6 is 0 Å². The van der Waals surface area contributed by atoms with Gasteiger partial charge in [-0.3, -0.25) is 0 Å². The smallest absolute Gasteiger partial charge is 0.342 e. The average molecular weight is 262 g/mol. The van der Waals surface area contributed by atoms with Crippen LogP contribution in [0, 0.1) is 6.92 Å². The molecule has 0 amide bonds. The van der Waals surface area contributed by atoms with Crippen LogP contribution in [0.25, 0.3) is 11.3 Å². The molecule has 5 heteroatoms. The second-order valence-corrected chi connectivity index (χ2v) is 3.98. The Labute approximate surface area is 110 Å². The standard InChI is InChI=1S/C14H14O5/c1-8-10(15)7-12(19-14(8)16)9-4-5-11(17-2)13(6-9)18-3/h4-7,15H,1-3H3. The van der Waals surface area contributed by atoms with Crippen LogP contribution in [0.1, 0.15) is 5.56 Å². The van der Waals surface area contributed by atoms with E-state index in [1.807, 2.05) is 0 Å². The first-order valence-electron chi connectivity index (χ1n) is 5.63. The monoisotopic (exact) mass is 262 g/mol. The van der Waals surface area contributed by atoms with Crippen molar-refractivity contribution in [2.45, 2.75) is 6.92 Å². The molecule has 0 aliphatic carbocycles. The molecule has 0 bridgehead atoms. The van der Waals surface area contributed by atoms with Gasteiger partial charge in [0, 0.05) is 11.6 Å². The van der Waals surface area contributed by atoms with E-state index in [1.54, 1.807) is 18.2 Å². The van der Waals surface area contributed by atoms with E-state index in [4.69, 9.17) is 13.9 Å². The van der Waals surface area contributed by atoms with Crippen molar-refractivity contribution in [3.05, 3.63) is 40.2 Å². The molecule has 0 radical (unpaired) electrons. The summed E-state index contributed by atoms with van der Waals surface area (Å²) in [4.78, 5) is 11.5. The lowest BCUT2D eigenvalue weighted by molar-refractivity contribution is 0.355. The molecular formula is C14H14O5. The minimum atomic E-state index is -0.565. The van der Waals surface area contributed by atoms with Crippen molar-refractivity contribution < 1.29 is 19.0 Å². The van der Waals surface area contributed by atoms with Crippen molar-refractivity contribution in [3.63, 3.8) is 0 Å². The second kappa shape index (κ2) is 5.06. The fourth-order valence-corrected chi connectivity index (χ4v) is 1.67. The van der Waals surface area contributed by atoms with Crippen LogP contribution in [0.5, 0.6) is 17.2 Å². The molecule has 19 heavy (non-hydrogen) atoms. The molecule has 5 nitrogen and oxygen atoms in total. The fourth-order valence-electron chi connectivity index (χ4n) is 1.67. The van der Waals surface area contributed by atoms with Crippen molar-refractivity contribution in [1.82, 2.24) is 0 Å². The topological polar surface area (TPSA) is 68.9 Å². The number of benzene rings is 1. The minimum absolute atomic E-state index is 0.0963. The van der Waals surface area contributed by atoms with Gasteiger partial charge in [-0.25, -0.2) is 4.79 Å². The lowest BCUT2D eigenvalue weighted by Crippen LogP contribution is -2.03. The molecule has 0 saturated heterocycles. The molecule has 0 fully saturated rings. The van der Waals surface area contributed by atoms with Gasteiger partial charge in [0.15, 0.2) is 11.5 Å². The van der Waals surface area contributed by atoms with Gasteiger partial charge in [0.2, 0.25) is 0 Å². The van der Waals surface area contributed by atoms with Gasteiger partial charge in [-0.05, 0) is 25.1 Å². The molecule has 0 atom stereocenters. The first-order chi connectivity index (χ1) is 9.06. The summed E-state index contributed by atoms with van der Waals surface area (Å²) in [6.45, 7) is 1.50. The zero-order valence-electron chi connectivity index (χ0n) is 10.9. The van der Waals surface area contributed by atoms with E-state index >= 15 is 0 Å². The lowest BCUT2D eigenvalue weighted by Gasteiger charge is -2.09. The van der Waals surface area contributed by atoms with E-state index in [-0.39, 0.29) is 17.1 Å². The second-order valence-electron chi connectivity index (χ2n) is 3.98. The van der Waals surface area contributed by atoms with Crippen molar-refractivity contribution in [2.24, 2.45) is 0 Å². The predicted octanol–water partition coefficient (Wildman–Crippen LogP) is 2.34. The van der Waals surface area contributed by atoms with Gasteiger partial charge in [0.25, 0.3) is 0 Å². The third-order valence-corrected chi connectivity index (χ3v) is 2.83. The Hall–Kier alpha value is -2.43. The Morgan fingerprint density at radius 1 is 1.11 bits per heavy atom. The fraction of sp³-hybridized carbons (Fsp3) is 0.214. The maximum atomic E-state index is 11.5. The number of methoxy groups -OCH3 is 2. The maximum absolute atomic E-state index is 11.5. The maximum Gasteiger partial charge on any atom is 0.342 e. The lowest BCUT2D eigenvalue weighted by atomic mass is 10.1. The summed E-state index contributed by atoms with van der Waals surface area (Å²) in [5.41, 5.74) is 0.235. The normalized spacial score (nSPS) is 10.3. The molecule has 2 rings (SSSR count). The molecule has 0 aliphatic heterocycles. The summed E-state index contributed by atoms with van der Waals surface area (Å²) in [5, 5.41) is 9.65. The number of aromatic hydroxyl groups is 1. The highest BCUT2D eigenvalue weighted by Gasteiger charge is 2.11. The van der Waals surface area contributed by atoms with E-state index < -0.39 is 5.63 Å². The molecule has 1 aromatic heterocycles. The number of ether oxygens (including phenoxy) is 2. The van der Waals surface area contributed by atoms with Gasteiger partial charge in [-0.2, -0.15) is 0 Å². The third kappa shape index (κ3) is 2.40. The average Bonchev–Trinajstić information content (AvgIpc) is 2.43. The molecule has 2 aromatic rings. The van der Waals surface area contributed by atoms with Crippen LogP contribution in [-0.4, -0.2) is 19.3 Å². The van der Waals surface area contributed by atoms with Crippen molar-refractivity contribution in [1.29, 1.82) is 0 Å². The molecule has 0 spiro atoms. The number of rotatable bonds is 3. The summed E-state index contributed by atoms with van der Waals surface area (Å²) in [7, 11) is 3.06. The largest absolute Gasteiger partial charge is 0.507 e. The minimum Gasteiger partial charge on any atom is -0.507 e. The van der Waals surface area contributed by atoms with Gasteiger partial charge >= 0.3 is 5.63 Å². The molecule has 100 valence electrons. The number of hydrogen-bond acceptors (Lipinski definition) is 5. The van der Waals surface area contributed by atoms with Crippen LogP contribution in [0.3, 0.4) is 0 Å². The van der Waals surface area contributed by atoms with E-state index in [0.717, 1.165) is 0 Å². The zero-order chi connectivity index (χ0) is 14.0. The molecule has 0 saturated carbocycles. The van der Waals surface area contributed by atoms with Crippen LogP contribution in [-0.2, 0) is 0 Å². The van der Waals surface area contributed by atoms with Gasteiger partial charge in [0.05, 0.1) is 19.8 Å². The van der Waals surface area contributed by atoms with E-state index in [1.165, 1.54) is 27.2 Å². The number of hydrogen-bond donors (Lipinski definition) is 1. The van der Waals surface area contributed by atoms with E-state index in [2.05, 4.69) is 0 Å². The Kier molecular flexibility index (Phi) is 3.46. The van der Waals surface area contributed by atoms with E-state index in [0.29, 0.717) is 17.1 Å². The SMILES string of the molecule is COc1ccc(-c2cc(O)c(C)c(=O)o2)cc1OC. The molecular weight excluding hydrogens is 248 g/mol. The summed E-state index contributed by atoms with van der Waals surface area (Å²) < 4.78 is 15.4. The summed E-state index contributed by atoms with van der Waals surface area (Å²) in [6.07, 6.45) is 0. The van der Waals surface area contributed by atoms with Crippen LogP contribution in [0.15, 0.2) is 33.5 Å². The third-order valence-electron chi connectivity index (χ3n) is 2.83. The van der Waals surface area contributed by atoms with Crippen LogP contribution < -0.4 is 15.1 Å². The molecule has 0 aliphatic rings. The summed E-state index contributed by atoms with van der Waals surface area (Å²) in [5.74, 6) is 1.27. The van der Waals surface area contributed by atoms with Crippen molar-refractivity contribution in [3.8, 4) is 28.6 Å². The highest BCUT2D eigenvalue weighted by molar-refractivity contribution is 5.63. The first kappa shape index (κ1) is 13.0. The summed E-state index contributed by atoms with van der Waals surface area (Å²) >= 11 is 0. The summed E-state index contributed by atoms with van der Waals surface area (Å²) in [6, 6.07) is 6.49. The molecule has 1 heterocycles. The first-order valence-corrected chi connectivity index (χ1v) is 5.63. The predicted molar refractivity (Wildman–Crippen MR) is 69.9 cm³/mol. The Morgan fingerprint density at radius 3 is 2.37 bits per heavy atom. The Morgan fingerprint density at radius 2 is 1.79 bits per heavy atom. The Bertz CT molecular complexity index is 657. The van der Waals surface area contributed by atoms with Crippen molar-refractivity contribution in [2.75, 3.05) is 14.2 Å². The van der Waals surface area contributed by atoms with Crippen LogP contribution in [0.2, 0.25) is 0 Å². The highest BCUT2D eigenvalue weighted by atomic mass is 16.5. The zero-order valence-corrected chi connectivity index (χ0v) is 10.9. The Balaban J connectivity index is 2.56. The highest BCUT2D eigenvalue weighted by Crippen LogP contribution is 2.33. The quantitative estimate of drug-likeness (QED) is 0.919. The molecule has 1 N–H and O–H groups in total. The van der Waals surface area contributed by atoms with Crippen LogP contribution in [0.4, 0.5) is 0 Å². The van der Waals surface area contributed by atoms with Gasteiger partial charge < -0.3 is 19.0 Å². The van der Waals surface area contributed by atoms with Gasteiger partial charge in [-0.15, -0.1) is 0 Å². The molecule has 1 aromatic carbocycles. The van der Waals surface area contributed by atoms with E-state index in [9.17, 15) is 9.90 Å².